The van der Waals surface area contributed by atoms with E-state index in [0.29, 0.717) is 12.1 Å². The van der Waals surface area contributed by atoms with E-state index < -0.39 is 4.92 Å². The van der Waals surface area contributed by atoms with Gasteiger partial charge >= 0.3 is 5.69 Å². The zero-order chi connectivity index (χ0) is 15.0. The number of nitro groups is 1. The van der Waals surface area contributed by atoms with Gasteiger partial charge in [0.2, 0.25) is 0 Å². The molecule has 0 saturated carbocycles. The first-order valence-electron chi connectivity index (χ1n) is 6.45. The largest absolute Gasteiger partial charge is 0.477 e. The van der Waals surface area contributed by atoms with Gasteiger partial charge in [0.1, 0.15) is 0 Å². The fourth-order valence-corrected chi connectivity index (χ4v) is 1.55. The van der Waals surface area contributed by atoms with Crippen LogP contribution in [-0.4, -0.2) is 24.0 Å². The molecule has 0 fully saturated rings. The summed E-state index contributed by atoms with van der Waals surface area (Å²) in [5.41, 5.74) is 6.01. The van der Waals surface area contributed by atoms with E-state index in [0.717, 1.165) is 12.8 Å². The van der Waals surface area contributed by atoms with Gasteiger partial charge in [-0.15, -0.1) is 0 Å². The van der Waals surface area contributed by atoms with Gasteiger partial charge in [0.05, 0.1) is 4.92 Å². The summed E-state index contributed by atoms with van der Waals surface area (Å²) in [5, 5.41) is 13.5. The zero-order valence-corrected chi connectivity index (χ0v) is 11.4. The quantitative estimate of drug-likeness (QED) is 0.425. The third kappa shape index (κ3) is 4.85. The lowest BCUT2D eigenvalue weighted by Gasteiger charge is -2.08. The van der Waals surface area contributed by atoms with Crippen molar-refractivity contribution in [3.63, 3.8) is 0 Å². The fraction of sp³-hybridized carbons (Fsp3) is 0.462. The van der Waals surface area contributed by atoms with Crippen LogP contribution in [0.2, 0.25) is 0 Å². The van der Waals surface area contributed by atoms with E-state index in [4.69, 9.17) is 10.5 Å². The first-order valence-corrected chi connectivity index (χ1v) is 6.45. The number of nitrogens with zero attached hydrogens (tertiary/aromatic N) is 1. The summed E-state index contributed by atoms with van der Waals surface area (Å²) in [4.78, 5) is 21.8. The molecule has 1 rings (SSSR count). The Hall–Kier alpha value is -2.15. The Morgan fingerprint density at radius 3 is 2.85 bits per heavy atom. The number of carbonyl (C=O) groups excluding carboxylic acids is 1. The molecule has 1 amide bonds. The number of ether oxygens (including phenoxy) is 1. The van der Waals surface area contributed by atoms with Crippen LogP contribution in [0.3, 0.4) is 0 Å². The number of hydrogen-bond donors (Lipinski definition) is 2. The highest BCUT2D eigenvalue weighted by molar-refractivity contribution is 5.77. The summed E-state index contributed by atoms with van der Waals surface area (Å²) in [6, 6.07) is 4.37. The van der Waals surface area contributed by atoms with Crippen molar-refractivity contribution >= 4 is 11.6 Å². The average Bonchev–Trinajstić information content (AvgIpc) is 2.44. The molecule has 1 aromatic rings. The first kappa shape index (κ1) is 15.9. The maximum atomic E-state index is 11.5. The van der Waals surface area contributed by atoms with Crippen LogP contribution in [0.4, 0.5) is 5.69 Å². The lowest BCUT2D eigenvalue weighted by Crippen LogP contribution is -2.29. The number of nitrogens with one attached hydrogen (secondary N) is 1. The minimum absolute atomic E-state index is 0.0589. The number of nitrogens with two attached hydrogens (primary N) is 1. The predicted molar refractivity (Wildman–Crippen MR) is 74.4 cm³/mol. The second kappa shape index (κ2) is 8.11. The predicted octanol–water partition coefficient (Wildman–Crippen LogP) is 1.35. The average molecular weight is 281 g/mol. The van der Waals surface area contributed by atoms with Gasteiger partial charge in [0.15, 0.2) is 12.4 Å². The molecule has 0 spiro atoms. The summed E-state index contributed by atoms with van der Waals surface area (Å²) in [6.45, 7) is 2.59. The lowest BCUT2D eigenvalue weighted by molar-refractivity contribution is -0.385. The van der Waals surface area contributed by atoms with Crippen LogP contribution in [-0.2, 0) is 11.3 Å². The highest BCUT2D eigenvalue weighted by Gasteiger charge is 2.16. The molecule has 0 unspecified atom stereocenters. The van der Waals surface area contributed by atoms with Crippen molar-refractivity contribution in [1.82, 2.24) is 5.32 Å². The molecule has 0 bridgehead atoms. The van der Waals surface area contributed by atoms with Crippen molar-refractivity contribution in [3.8, 4) is 5.75 Å². The molecular formula is C13H19N3O4. The number of unbranched alkanes of at least 4 members (excludes halogenated alkanes) is 1. The Labute approximate surface area is 117 Å². The minimum Gasteiger partial charge on any atom is -0.477 e. The summed E-state index contributed by atoms with van der Waals surface area (Å²) in [6.07, 6.45) is 1.86. The zero-order valence-electron chi connectivity index (χ0n) is 11.4. The Morgan fingerprint density at radius 1 is 1.50 bits per heavy atom. The fourth-order valence-electron chi connectivity index (χ4n) is 1.55. The molecular weight excluding hydrogens is 262 g/mol. The molecule has 3 N–H and O–H groups in total. The van der Waals surface area contributed by atoms with Crippen LogP contribution in [0.25, 0.3) is 0 Å². The summed E-state index contributed by atoms with van der Waals surface area (Å²) in [7, 11) is 0. The van der Waals surface area contributed by atoms with Gasteiger partial charge in [0.25, 0.3) is 5.91 Å². The molecule has 0 aliphatic rings. The smallest absolute Gasteiger partial charge is 0.310 e. The van der Waals surface area contributed by atoms with Crippen LogP contribution in [0.5, 0.6) is 5.75 Å². The van der Waals surface area contributed by atoms with Gasteiger partial charge in [-0.1, -0.05) is 19.4 Å². The summed E-state index contributed by atoms with van der Waals surface area (Å²) in [5.74, 6) is -0.241. The van der Waals surface area contributed by atoms with Crippen LogP contribution < -0.4 is 15.8 Å². The molecule has 0 aliphatic heterocycles. The van der Waals surface area contributed by atoms with Gasteiger partial charge in [-0.05, 0) is 18.1 Å². The third-order valence-electron chi connectivity index (χ3n) is 2.67. The van der Waals surface area contributed by atoms with E-state index in [1.807, 2.05) is 6.92 Å². The van der Waals surface area contributed by atoms with Crippen molar-refractivity contribution < 1.29 is 14.5 Å². The van der Waals surface area contributed by atoms with Crippen molar-refractivity contribution in [2.24, 2.45) is 5.73 Å². The van der Waals surface area contributed by atoms with E-state index in [1.54, 1.807) is 6.07 Å². The van der Waals surface area contributed by atoms with Crippen molar-refractivity contribution in [3.05, 3.63) is 33.9 Å². The Kier molecular flexibility index (Phi) is 6.45. The Morgan fingerprint density at radius 2 is 2.25 bits per heavy atom. The van der Waals surface area contributed by atoms with Gasteiger partial charge < -0.3 is 15.8 Å². The number of benzene rings is 1. The number of rotatable bonds is 8. The molecule has 0 radical (unpaired) electrons. The van der Waals surface area contributed by atoms with Gasteiger partial charge in [-0.2, -0.15) is 0 Å². The first-order chi connectivity index (χ1) is 9.58. The van der Waals surface area contributed by atoms with Gasteiger partial charge in [-0.25, -0.2) is 0 Å². The molecule has 110 valence electrons. The molecule has 0 aromatic heterocycles. The summed E-state index contributed by atoms with van der Waals surface area (Å²) >= 11 is 0. The standard InChI is InChI=1S/C13H19N3O4/c1-2-3-6-15-13(17)9-20-12-7-10(8-14)4-5-11(12)16(18)19/h4-5,7H,2-3,6,8-9,14H2,1H3,(H,15,17). The number of amides is 1. The number of nitro benzene ring substituents is 1. The highest BCUT2D eigenvalue weighted by Crippen LogP contribution is 2.27. The number of hydrogen-bond acceptors (Lipinski definition) is 5. The molecule has 20 heavy (non-hydrogen) atoms. The van der Waals surface area contributed by atoms with E-state index in [9.17, 15) is 14.9 Å². The van der Waals surface area contributed by atoms with E-state index in [2.05, 4.69) is 5.32 Å². The van der Waals surface area contributed by atoms with Crippen LogP contribution in [0.1, 0.15) is 25.3 Å². The lowest BCUT2D eigenvalue weighted by atomic mass is 10.2. The van der Waals surface area contributed by atoms with E-state index in [-0.39, 0.29) is 30.5 Å². The molecule has 0 atom stereocenters. The highest BCUT2D eigenvalue weighted by atomic mass is 16.6. The molecule has 0 aliphatic carbocycles. The van der Waals surface area contributed by atoms with E-state index in [1.165, 1.54) is 12.1 Å². The van der Waals surface area contributed by atoms with Crippen LogP contribution in [0, 0.1) is 10.1 Å². The Bertz CT molecular complexity index is 477. The second-order valence-corrected chi connectivity index (χ2v) is 4.26. The SMILES string of the molecule is CCCCNC(=O)COc1cc(CN)ccc1[N+](=O)[O-]. The van der Waals surface area contributed by atoms with Crippen molar-refractivity contribution in [2.75, 3.05) is 13.2 Å². The Balaban J connectivity index is 2.65. The monoisotopic (exact) mass is 281 g/mol. The molecule has 7 heteroatoms. The van der Waals surface area contributed by atoms with Crippen molar-refractivity contribution in [2.45, 2.75) is 26.3 Å². The molecule has 0 heterocycles. The maximum absolute atomic E-state index is 11.5. The topological polar surface area (TPSA) is 107 Å². The maximum Gasteiger partial charge on any atom is 0.310 e. The summed E-state index contributed by atoms with van der Waals surface area (Å²) < 4.78 is 5.22. The van der Waals surface area contributed by atoms with Crippen LogP contribution in [0.15, 0.2) is 18.2 Å². The minimum atomic E-state index is -0.551. The molecule has 7 nitrogen and oxygen atoms in total. The van der Waals surface area contributed by atoms with Crippen molar-refractivity contribution in [1.29, 1.82) is 0 Å². The van der Waals surface area contributed by atoms with Crippen LogP contribution >= 0.6 is 0 Å². The normalized spacial score (nSPS) is 10.1. The van der Waals surface area contributed by atoms with E-state index >= 15 is 0 Å². The molecule has 1 aromatic carbocycles. The molecule has 0 saturated heterocycles. The van der Waals surface area contributed by atoms with Gasteiger partial charge in [-0.3, -0.25) is 14.9 Å². The van der Waals surface area contributed by atoms with Gasteiger partial charge in [0, 0.05) is 19.2 Å². The third-order valence-corrected chi connectivity index (χ3v) is 2.67. The number of carbonyl (C=O) groups is 1. The second-order valence-electron chi connectivity index (χ2n) is 4.26.